The summed E-state index contributed by atoms with van der Waals surface area (Å²) in [6.45, 7) is 0.348. The van der Waals surface area contributed by atoms with E-state index in [2.05, 4.69) is 15.3 Å². The summed E-state index contributed by atoms with van der Waals surface area (Å²) in [6.07, 6.45) is 0.298. The predicted octanol–water partition coefficient (Wildman–Crippen LogP) is 4.06. The zero-order chi connectivity index (χ0) is 24.1. The summed E-state index contributed by atoms with van der Waals surface area (Å²) >= 11 is 0. The van der Waals surface area contributed by atoms with Gasteiger partial charge in [0, 0.05) is 38.1 Å². The van der Waals surface area contributed by atoms with Gasteiger partial charge in [-0.25, -0.2) is 4.98 Å². The first kappa shape index (κ1) is 23.2. The largest absolute Gasteiger partial charge is 0.485 e. The molecule has 1 N–H and O–H groups in total. The molecule has 4 rings (SSSR count). The molecule has 0 saturated carbocycles. The van der Waals surface area contributed by atoms with Crippen LogP contribution in [0.2, 0.25) is 0 Å². The second kappa shape index (κ2) is 9.90. The number of hydrogen-bond donors (Lipinski definition) is 1. The number of pyridine rings is 2. The van der Waals surface area contributed by atoms with Crippen molar-refractivity contribution in [3.8, 4) is 5.75 Å². The second-order valence-electron chi connectivity index (χ2n) is 7.86. The highest BCUT2D eigenvalue weighted by molar-refractivity contribution is 5.97. The zero-order valence-corrected chi connectivity index (χ0v) is 18.0. The van der Waals surface area contributed by atoms with E-state index in [1.54, 1.807) is 36.7 Å². The van der Waals surface area contributed by atoms with Gasteiger partial charge in [-0.2, -0.15) is 13.2 Å². The molecule has 0 spiro atoms. The van der Waals surface area contributed by atoms with Crippen LogP contribution in [0.4, 0.5) is 19.0 Å². The van der Waals surface area contributed by atoms with Crippen molar-refractivity contribution < 1.29 is 27.5 Å². The lowest BCUT2D eigenvalue weighted by molar-refractivity contribution is -0.137. The quantitative estimate of drug-likeness (QED) is 0.563. The number of nitrogens with one attached hydrogen (secondary N) is 1. The van der Waals surface area contributed by atoms with E-state index < -0.39 is 23.6 Å². The van der Waals surface area contributed by atoms with Crippen LogP contribution in [0, 0.1) is 5.92 Å². The van der Waals surface area contributed by atoms with Crippen LogP contribution in [-0.2, 0) is 28.9 Å². The number of benzene rings is 1. The lowest BCUT2D eigenvalue weighted by Gasteiger charge is -2.18. The van der Waals surface area contributed by atoms with Gasteiger partial charge < -0.3 is 15.0 Å². The molecule has 1 aliphatic heterocycles. The molecule has 0 aliphatic carbocycles. The molecular formula is C24H21F3N4O3. The number of ether oxygens (including phenoxy) is 1. The summed E-state index contributed by atoms with van der Waals surface area (Å²) in [4.78, 5) is 34.8. The van der Waals surface area contributed by atoms with Crippen LogP contribution in [0.25, 0.3) is 0 Å². The maximum atomic E-state index is 13.0. The number of aromatic nitrogens is 2. The number of hydrogen-bond acceptors (Lipinski definition) is 5. The fourth-order valence-electron chi connectivity index (χ4n) is 3.63. The highest BCUT2D eigenvalue weighted by Crippen LogP contribution is 2.31. The number of amides is 2. The van der Waals surface area contributed by atoms with Crippen molar-refractivity contribution in [2.45, 2.75) is 25.7 Å². The third-order valence-electron chi connectivity index (χ3n) is 5.37. The maximum Gasteiger partial charge on any atom is 0.416 e. The highest BCUT2D eigenvalue weighted by Gasteiger charge is 2.35. The van der Waals surface area contributed by atoms with Crippen molar-refractivity contribution in [1.29, 1.82) is 0 Å². The Kier molecular flexibility index (Phi) is 6.76. The van der Waals surface area contributed by atoms with Crippen LogP contribution < -0.4 is 10.1 Å². The van der Waals surface area contributed by atoms with Crippen LogP contribution >= 0.6 is 0 Å². The fraction of sp³-hybridized carbons (Fsp3) is 0.250. The summed E-state index contributed by atoms with van der Waals surface area (Å²) < 4.78 is 44.7. The number of carbonyl (C=O) groups excluding carboxylic acids is 2. The van der Waals surface area contributed by atoms with Crippen molar-refractivity contribution in [2.24, 2.45) is 5.92 Å². The van der Waals surface area contributed by atoms with Crippen LogP contribution in [0.1, 0.15) is 23.1 Å². The molecule has 1 atom stereocenters. The lowest BCUT2D eigenvalue weighted by atomic mass is 10.1. The average Bonchev–Trinajstić information content (AvgIpc) is 3.19. The molecule has 1 aromatic carbocycles. The number of anilines is 1. The Labute approximate surface area is 193 Å². The number of carbonyl (C=O) groups is 2. The van der Waals surface area contributed by atoms with E-state index in [0.717, 1.165) is 17.7 Å². The molecule has 2 aromatic heterocycles. The number of alkyl halides is 3. The van der Waals surface area contributed by atoms with Gasteiger partial charge >= 0.3 is 6.18 Å². The lowest BCUT2D eigenvalue weighted by Crippen LogP contribution is -2.28. The minimum Gasteiger partial charge on any atom is -0.485 e. The molecule has 7 nitrogen and oxygen atoms in total. The summed E-state index contributed by atoms with van der Waals surface area (Å²) in [6, 6.07) is 11.8. The van der Waals surface area contributed by atoms with Crippen molar-refractivity contribution in [3.05, 3.63) is 83.8 Å². The Morgan fingerprint density at radius 1 is 1.09 bits per heavy atom. The van der Waals surface area contributed by atoms with Crippen molar-refractivity contribution >= 4 is 17.6 Å². The SMILES string of the molecule is O=C(Nc1ncccc1OCc1ccncc1)C1CC(=O)N(Cc2cccc(C(F)(F)F)c2)C1. The topological polar surface area (TPSA) is 84.4 Å². The molecule has 0 bridgehead atoms. The van der Waals surface area contributed by atoms with E-state index in [9.17, 15) is 22.8 Å². The standard InChI is InChI=1S/C24H21F3N4O3/c25-24(26,27)19-4-1-3-17(11-19)13-31-14-18(12-21(31)32)23(33)30-22-20(5-2-8-29-22)34-15-16-6-9-28-10-7-16/h1-11,18H,12-15H2,(H,29,30,33). The van der Waals surface area contributed by atoms with Gasteiger partial charge in [-0.15, -0.1) is 0 Å². The molecule has 1 unspecified atom stereocenters. The Morgan fingerprint density at radius 3 is 2.65 bits per heavy atom. The van der Waals surface area contributed by atoms with E-state index in [1.165, 1.54) is 23.2 Å². The van der Waals surface area contributed by atoms with Crippen LogP contribution in [-0.4, -0.2) is 33.2 Å². The van der Waals surface area contributed by atoms with Gasteiger partial charge in [0.2, 0.25) is 11.8 Å². The second-order valence-corrected chi connectivity index (χ2v) is 7.86. The molecular weight excluding hydrogens is 449 g/mol. The molecule has 1 fully saturated rings. The molecule has 1 saturated heterocycles. The Bertz CT molecular complexity index is 1170. The first-order valence-corrected chi connectivity index (χ1v) is 10.5. The van der Waals surface area contributed by atoms with Crippen LogP contribution in [0.15, 0.2) is 67.1 Å². The molecule has 1 aliphatic rings. The van der Waals surface area contributed by atoms with E-state index in [0.29, 0.717) is 11.3 Å². The maximum absolute atomic E-state index is 13.0. The van der Waals surface area contributed by atoms with Crippen molar-refractivity contribution in [3.63, 3.8) is 0 Å². The molecule has 10 heteroatoms. The number of rotatable bonds is 7. The van der Waals surface area contributed by atoms with E-state index in [1.807, 2.05) is 0 Å². The minimum atomic E-state index is -4.46. The van der Waals surface area contributed by atoms with E-state index in [-0.39, 0.29) is 37.8 Å². The summed E-state index contributed by atoms with van der Waals surface area (Å²) in [5.41, 5.74) is 0.462. The normalized spacial score (nSPS) is 15.9. The molecule has 176 valence electrons. The fourth-order valence-corrected chi connectivity index (χ4v) is 3.63. The van der Waals surface area contributed by atoms with E-state index >= 15 is 0 Å². The Balaban J connectivity index is 1.38. The highest BCUT2D eigenvalue weighted by atomic mass is 19.4. The van der Waals surface area contributed by atoms with Gasteiger partial charge in [0.05, 0.1) is 11.5 Å². The van der Waals surface area contributed by atoms with E-state index in [4.69, 9.17) is 4.74 Å². The van der Waals surface area contributed by atoms with Crippen LogP contribution in [0.5, 0.6) is 5.75 Å². The molecule has 34 heavy (non-hydrogen) atoms. The average molecular weight is 470 g/mol. The van der Waals surface area contributed by atoms with Gasteiger partial charge in [-0.05, 0) is 47.5 Å². The van der Waals surface area contributed by atoms with Gasteiger partial charge in [0.1, 0.15) is 6.61 Å². The molecule has 0 radical (unpaired) electrons. The van der Waals surface area contributed by atoms with Crippen LogP contribution in [0.3, 0.4) is 0 Å². The summed E-state index contributed by atoms with van der Waals surface area (Å²) in [5, 5.41) is 2.71. The first-order chi connectivity index (χ1) is 16.3. The van der Waals surface area contributed by atoms with Gasteiger partial charge in [-0.3, -0.25) is 14.6 Å². The first-order valence-electron chi connectivity index (χ1n) is 10.5. The van der Waals surface area contributed by atoms with Crippen molar-refractivity contribution in [1.82, 2.24) is 14.9 Å². The monoisotopic (exact) mass is 470 g/mol. The smallest absolute Gasteiger partial charge is 0.416 e. The third kappa shape index (κ3) is 5.69. The minimum absolute atomic E-state index is 0.00356. The number of halogens is 3. The summed E-state index contributed by atoms with van der Waals surface area (Å²) in [7, 11) is 0. The predicted molar refractivity (Wildman–Crippen MR) is 116 cm³/mol. The molecule has 3 aromatic rings. The Hall–Kier alpha value is -3.95. The Morgan fingerprint density at radius 2 is 1.88 bits per heavy atom. The van der Waals surface area contributed by atoms with Gasteiger partial charge in [0.25, 0.3) is 0 Å². The zero-order valence-electron chi connectivity index (χ0n) is 18.0. The number of nitrogens with zero attached hydrogens (tertiary/aromatic N) is 3. The number of likely N-dealkylation sites (tertiary alicyclic amines) is 1. The third-order valence-corrected chi connectivity index (χ3v) is 5.37. The van der Waals surface area contributed by atoms with Crippen molar-refractivity contribution in [2.75, 3.05) is 11.9 Å². The van der Waals surface area contributed by atoms with Gasteiger partial charge in [0.15, 0.2) is 11.6 Å². The molecule has 3 heterocycles. The molecule has 2 amide bonds. The van der Waals surface area contributed by atoms with Gasteiger partial charge in [-0.1, -0.05) is 12.1 Å². The summed E-state index contributed by atoms with van der Waals surface area (Å²) in [5.74, 6) is -0.767.